The summed E-state index contributed by atoms with van der Waals surface area (Å²) in [4.78, 5) is 8.00. The molecular weight excluding hydrogens is 259 g/mol. The van der Waals surface area contributed by atoms with Crippen molar-refractivity contribution in [1.29, 1.82) is 0 Å². The SMILES string of the molecule is CCCc1c(NCC)ncnc1OCCC(F)(F)F. The first-order valence-corrected chi connectivity index (χ1v) is 6.25. The Hall–Kier alpha value is -1.53. The molecule has 0 saturated carbocycles. The maximum atomic E-state index is 12.1. The maximum absolute atomic E-state index is 12.1. The van der Waals surface area contributed by atoms with Crippen LogP contribution in [0, 0.1) is 0 Å². The van der Waals surface area contributed by atoms with Gasteiger partial charge < -0.3 is 10.1 Å². The van der Waals surface area contributed by atoms with E-state index in [1.165, 1.54) is 6.33 Å². The number of halogens is 3. The lowest BCUT2D eigenvalue weighted by Crippen LogP contribution is -2.15. The Morgan fingerprint density at radius 2 is 2.00 bits per heavy atom. The smallest absolute Gasteiger partial charge is 0.392 e. The second-order valence-electron chi connectivity index (χ2n) is 4.00. The molecule has 0 aliphatic heterocycles. The van der Waals surface area contributed by atoms with Crippen LogP contribution in [-0.4, -0.2) is 29.3 Å². The summed E-state index contributed by atoms with van der Waals surface area (Å²) < 4.78 is 41.4. The molecule has 0 atom stereocenters. The van der Waals surface area contributed by atoms with Gasteiger partial charge in [0.15, 0.2) is 0 Å². The monoisotopic (exact) mass is 277 g/mol. The topological polar surface area (TPSA) is 47.0 Å². The van der Waals surface area contributed by atoms with Crippen LogP contribution in [0.3, 0.4) is 0 Å². The van der Waals surface area contributed by atoms with E-state index in [2.05, 4.69) is 15.3 Å². The van der Waals surface area contributed by atoms with E-state index in [9.17, 15) is 13.2 Å². The molecule has 7 heteroatoms. The van der Waals surface area contributed by atoms with Crippen molar-refractivity contribution in [2.24, 2.45) is 0 Å². The summed E-state index contributed by atoms with van der Waals surface area (Å²) in [5.41, 5.74) is 0.731. The molecule has 0 bridgehead atoms. The quantitative estimate of drug-likeness (QED) is 0.831. The van der Waals surface area contributed by atoms with Crippen LogP contribution in [0.5, 0.6) is 5.88 Å². The van der Waals surface area contributed by atoms with E-state index < -0.39 is 19.2 Å². The fourth-order valence-corrected chi connectivity index (χ4v) is 1.58. The van der Waals surface area contributed by atoms with Crippen molar-refractivity contribution in [3.8, 4) is 5.88 Å². The Morgan fingerprint density at radius 1 is 1.26 bits per heavy atom. The summed E-state index contributed by atoms with van der Waals surface area (Å²) in [6, 6.07) is 0. The number of ether oxygens (including phenoxy) is 1. The molecule has 108 valence electrons. The highest BCUT2D eigenvalue weighted by atomic mass is 19.4. The van der Waals surface area contributed by atoms with Gasteiger partial charge >= 0.3 is 6.18 Å². The number of alkyl halides is 3. The van der Waals surface area contributed by atoms with Gasteiger partial charge in [-0.05, 0) is 13.3 Å². The maximum Gasteiger partial charge on any atom is 0.392 e. The molecule has 0 spiro atoms. The van der Waals surface area contributed by atoms with Gasteiger partial charge in [0, 0.05) is 6.54 Å². The molecule has 1 rings (SSSR count). The molecule has 0 saturated heterocycles. The average molecular weight is 277 g/mol. The van der Waals surface area contributed by atoms with E-state index in [0.717, 1.165) is 12.0 Å². The first-order chi connectivity index (χ1) is 8.98. The molecule has 19 heavy (non-hydrogen) atoms. The molecule has 0 aliphatic rings. The molecule has 1 heterocycles. The van der Waals surface area contributed by atoms with Gasteiger partial charge in [0.1, 0.15) is 12.1 Å². The normalized spacial score (nSPS) is 11.4. The number of nitrogens with zero attached hydrogens (tertiary/aromatic N) is 2. The highest BCUT2D eigenvalue weighted by Crippen LogP contribution is 2.25. The second kappa shape index (κ2) is 7.16. The van der Waals surface area contributed by atoms with Crippen molar-refractivity contribution < 1.29 is 17.9 Å². The van der Waals surface area contributed by atoms with Crippen molar-refractivity contribution in [3.63, 3.8) is 0 Å². The Kier molecular flexibility index (Phi) is 5.85. The standard InChI is InChI=1S/C12H18F3N3O/c1-3-5-9-10(16-4-2)17-8-18-11(9)19-7-6-12(13,14)15/h8H,3-7H2,1-2H3,(H,16,17,18). The molecule has 0 aliphatic carbocycles. The van der Waals surface area contributed by atoms with Crippen molar-refractivity contribution in [3.05, 3.63) is 11.9 Å². The number of rotatable bonds is 7. The Morgan fingerprint density at radius 3 is 2.58 bits per heavy atom. The van der Waals surface area contributed by atoms with Crippen LogP contribution in [0.2, 0.25) is 0 Å². The van der Waals surface area contributed by atoms with E-state index >= 15 is 0 Å². The summed E-state index contributed by atoms with van der Waals surface area (Å²) in [5.74, 6) is 0.860. The van der Waals surface area contributed by atoms with Crippen LogP contribution >= 0.6 is 0 Å². The number of hydrogen-bond acceptors (Lipinski definition) is 4. The van der Waals surface area contributed by atoms with Crippen molar-refractivity contribution in [2.75, 3.05) is 18.5 Å². The highest BCUT2D eigenvalue weighted by Gasteiger charge is 2.27. The van der Waals surface area contributed by atoms with E-state index in [0.29, 0.717) is 18.8 Å². The Labute approximate surface area is 110 Å². The predicted octanol–water partition coefficient (Wildman–Crippen LogP) is 3.19. The van der Waals surface area contributed by atoms with Crippen LogP contribution in [0.1, 0.15) is 32.3 Å². The van der Waals surface area contributed by atoms with Gasteiger partial charge in [-0.3, -0.25) is 0 Å². The molecule has 1 aromatic rings. The van der Waals surface area contributed by atoms with Gasteiger partial charge in [-0.2, -0.15) is 13.2 Å². The molecule has 1 N–H and O–H groups in total. The Balaban J connectivity index is 2.78. The number of aromatic nitrogens is 2. The summed E-state index contributed by atoms with van der Waals surface area (Å²) in [6.07, 6.45) is -2.42. The molecule has 4 nitrogen and oxygen atoms in total. The van der Waals surface area contributed by atoms with E-state index in [-0.39, 0.29) is 5.88 Å². The Bertz CT molecular complexity index is 396. The van der Waals surface area contributed by atoms with Gasteiger partial charge in [-0.25, -0.2) is 9.97 Å². The minimum atomic E-state index is -4.22. The van der Waals surface area contributed by atoms with Crippen molar-refractivity contribution in [2.45, 2.75) is 39.3 Å². The average Bonchev–Trinajstić information content (AvgIpc) is 2.32. The third-order valence-corrected chi connectivity index (χ3v) is 2.37. The molecule has 1 aromatic heterocycles. The summed E-state index contributed by atoms with van der Waals surface area (Å²) >= 11 is 0. The highest BCUT2D eigenvalue weighted by molar-refractivity contribution is 5.48. The third kappa shape index (κ3) is 5.32. The van der Waals surface area contributed by atoms with Gasteiger partial charge in [0.05, 0.1) is 18.6 Å². The summed E-state index contributed by atoms with van der Waals surface area (Å²) in [6.45, 7) is 4.14. The van der Waals surface area contributed by atoms with E-state index in [1.54, 1.807) is 0 Å². The van der Waals surface area contributed by atoms with Crippen LogP contribution < -0.4 is 10.1 Å². The molecule has 0 amide bonds. The van der Waals surface area contributed by atoms with Crippen LogP contribution in [0.15, 0.2) is 6.33 Å². The summed E-state index contributed by atoms with van der Waals surface area (Å²) in [7, 11) is 0. The minimum absolute atomic E-state index is 0.233. The number of nitrogens with one attached hydrogen (secondary N) is 1. The minimum Gasteiger partial charge on any atom is -0.477 e. The first kappa shape index (κ1) is 15.5. The molecule has 0 radical (unpaired) electrons. The fraction of sp³-hybridized carbons (Fsp3) is 0.667. The van der Waals surface area contributed by atoms with Gasteiger partial charge in [0.25, 0.3) is 0 Å². The van der Waals surface area contributed by atoms with Crippen molar-refractivity contribution in [1.82, 2.24) is 9.97 Å². The number of hydrogen-bond donors (Lipinski definition) is 1. The van der Waals surface area contributed by atoms with Gasteiger partial charge in [0.2, 0.25) is 5.88 Å². The zero-order valence-corrected chi connectivity index (χ0v) is 11.0. The largest absolute Gasteiger partial charge is 0.477 e. The van der Waals surface area contributed by atoms with Gasteiger partial charge in [-0.1, -0.05) is 13.3 Å². The van der Waals surface area contributed by atoms with Gasteiger partial charge in [-0.15, -0.1) is 0 Å². The predicted molar refractivity (Wildman–Crippen MR) is 66.4 cm³/mol. The zero-order chi connectivity index (χ0) is 14.3. The van der Waals surface area contributed by atoms with Crippen LogP contribution in [-0.2, 0) is 6.42 Å². The van der Waals surface area contributed by atoms with E-state index in [1.807, 2.05) is 13.8 Å². The summed E-state index contributed by atoms with van der Waals surface area (Å²) in [5, 5.41) is 3.05. The third-order valence-electron chi connectivity index (χ3n) is 2.37. The molecule has 0 unspecified atom stereocenters. The molecule has 0 aromatic carbocycles. The second-order valence-corrected chi connectivity index (χ2v) is 4.00. The molecular formula is C12H18F3N3O. The first-order valence-electron chi connectivity index (χ1n) is 6.25. The van der Waals surface area contributed by atoms with Crippen LogP contribution in [0.25, 0.3) is 0 Å². The fourth-order valence-electron chi connectivity index (χ4n) is 1.58. The van der Waals surface area contributed by atoms with Crippen LogP contribution in [0.4, 0.5) is 19.0 Å². The lowest BCUT2D eigenvalue weighted by Gasteiger charge is -2.14. The lowest BCUT2D eigenvalue weighted by atomic mass is 10.1. The zero-order valence-electron chi connectivity index (χ0n) is 11.0. The number of anilines is 1. The van der Waals surface area contributed by atoms with E-state index in [4.69, 9.17) is 4.74 Å². The lowest BCUT2D eigenvalue weighted by molar-refractivity contribution is -0.139. The molecule has 0 fully saturated rings. The van der Waals surface area contributed by atoms with Crippen molar-refractivity contribution >= 4 is 5.82 Å².